The number of ether oxygens (including phenoxy) is 3. The van der Waals surface area contributed by atoms with E-state index in [0.717, 1.165) is 11.1 Å². The highest BCUT2D eigenvalue weighted by Gasteiger charge is 2.15. The monoisotopic (exact) mass is 391 g/mol. The summed E-state index contributed by atoms with van der Waals surface area (Å²) in [6.07, 6.45) is 0. The number of nitrogens with one attached hydrogen (secondary N) is 1. The van der Waals surface area contributed by atoms with Gasteiger partial charge in [0, 0.05) is 11.8 Å². The zero-order valence-corrected chi connectivity index (χ0v) is 16.2. The summed E-state index contributed by atoms with van der Waals surface area (Å²) in [5, 5.41) is 2.67. The first-order valence-electron chi connectivity index (χ1n) is 8.96. The van der Waals surface area contributed by atoms with Crippen molar-refractivity contribution < 1.29 is 23.8 Å². The molecule has 0 unspecified atom stereocenters. The molecule has 29 heavy (non-hydrogen) atoms. The van der Waals surface area contributed by atoms with Gasteiger partial charge in [-0.05, 0) is 29.3 Å². The number of carbonyl (C=O) groups excluding carboxylic acids is 2. The third kappa shape index (κ3) is 4.93. The molecule has 1 N–H and O–H groups in total. The maximum Gasteiger partial charge on any atom is 0.339 e. The van der Waals surface area contributed by atoms with Gasteiger partial charge in [0.25, 0.3) is 5.91 Å². The Morgan fingerprint density at radius 2 is 1.52 bits per heavy atom. The number of hydrogen-bond acceptors (Lipinski definition) is 5. The van der Waals surface area contributed by atoms with Gasteiger partial charge in [0.15, 0.2) is 18.1 Å². The van der Waals surface area contributed by atoms with E-state index in [2.05, 4.69) is 5.32 Å². The van der Waals surface area contributed by atoms with Crippen LogP contribution in [0.5, 0.6) is 11.5 Å². The van der Waals surface area contributed by atoms with E-state index >= 15 is 0 Å². The number of methoxy groups -OCH3 is 2. The number of benzene rings is 3. The van der Waals surface area contributed by atoms with Crippen LogP contribution in [0.4, 0.5) is 5.69 Å². The summed E-state index contributed by atoms with van der Waals surface area (Å²) in [6, 6.07) is 21.6. The highest BCUT2D eigenvalue weighted by Crippen LogP contribution is 2.29. The van der Waals surface area contributed by atoms with Crippen molar-refractivity contribution in [1.29, 1.82) is 0 Å². The average molecular weight is 391 g/mol. The Labute approximate surface area is 169 Å². The van der Waals surface area contributed by atoms with Gasteiger partial charge < -0.3 is 19.5 Å². The van der Waals surface area contributed by atoms with E-state index in [1.165, 1.54) is 14.2 Å². The number of hydrogen-bond donors (Lipinski definition) is 1. The van der Waals surface area contributed by atoms with Gasteiger partial charge in [0.05, 0.1) is 19.8 Å². The Balaban J connectivity index is 1.65. The zero-order valence-electron chi connectivity index (χ0n) is 16.2. The molecule has 0 aliphatic heterocycles. The van der Waals surface area contributed by atoms with Gasteiger partial charge in [0.2, 0.25) is 0 Å². The molecule has 3 rings (SSSR count). The lowest BCUT2D eigenvalue weighted by Crippen LogP contribution is -2.21. The van der Waals surface area contributed by atoms with Crippen molar-refractivity contribution in [2.75, 3.05) is 26.1 Å². The lowest BCUT2D eigenvalue weighted by atomic mass is 10.00. The smallest absolute Gasteiger partial charge is 0.339 e. The van der Waals surface area contributed by atoms with Crippen LogP contribution in [0.3, 0.4) is 0 Å². The predicted molar refractivity (Wildman–Crippen MR) is 110 cm³/mol. The van der Waals surface area contributed by atoms with Gasteiger partial charge in [-0.15, -0.1) is 0 Å². The summed E-state index contributed by atoms with van der Waals surface area (Å²) in [7, 11) is 3.04. The molecular weight excluding hydrogens is 370 g/mol. The first kappa shape index (κ1) is 19.9. The van der Waals surface area contributed by atoms with Gasteiger partial charge in [-0.3, -0.25) is 4.79 Å². The van der Waals surface area contributed by atoms with E-state index in [1.54, 1.807) is 30.3 Å². The van der Waals surface area contributed by atoms with Crippen molar-refractivity contribution in [3.8, 4) is 22.6 Å². The van der Waals surface area contributed by atoms with E-state index in [4.69, 9.17) is 14.2 Å². The summed E-state index contributed by atoms with van der Waals surface area (Å²) < 4.78 is 15.6. The summed E-state index contributed by atoms with van der Waals surface area (Å²) in [6.45, 7) is -0.406. The summed E-state index contributed by atoms with van der Waals surface area (Å²) in [4.78, 5) is 24.7. The van der Waals surface area contributed by atoms with Crippen LogP contribution in [-0.4, -0.2) is 32.7 Å². The largest absolute Gasteiger partial charge is 0.493 e. The molecule has 0 aromatic heterocycles. The van der Waals surface area contributed by atoms with Crippen LogP contribution >= 0.6 is 0 Å². The van der Waals surface area contributed by atoms with Crippen LogP contribution < -0.4 is 14.8 Å². The lowest BCUT2D eigenvalue weighted by Gasteiger charge is -2.12. The molecular formula is C23H21NO5. The molecule has 3 aromatic carbocycles. The molecule has 1 amide bonds. The van der Waals surface area contributed by atoms with Crippen molar-refractivity contribution in [2.45, 2.75) is 0 Å². The fraction of sp³-hybridized carbons (Fsp3) is 0.130. The molecule has 0 radical (unpaired) electrons. The average Bonchev–Trinajstić information content (AvgIpc) is 2.78. The van der Waals surface area contributed by atoms with Gasteiger partial charge >= 0.3 is 5.97 Å². The normalized spacial score (nSPS) is 10.1. The van der Waals surface area contributed by atoms with E-state index in [-0.39, 0.29) is 0 Å². The zero-order chi connectivity index (χ0) is 20.6. The first-order chi connectivity index (χ1) is 14.1. The Hall–Kier alpha value is -3.80. The maximum absolute atomic E-state index is 12.5. The Morgan fingerprint density at radius 1 is 0.828 bits per heavy atom. The Kier molecular flexibility index (Phi) is 6.47. The van der Waals surface area contributed by atoms with E-state index in [1.807, 2.05) is 42.5 Å². The summed E-state index contributed by atoms with van der Waals surface area (Å²) in [5.74, 6) is 0.0169. The fourth-order valence-electron chi connectivity index (χ4n) is 2.85. The molecule has 0 fully saturated rings. The van der Waals surface area contributed by atoms with Crippen LogP contribution in [0.15, 0.2) is 72.8 Å². The van der Waals surface area contributed by atoms with Gasteiger partial charge in [0.1, 0.15) is 0 Å². The second-order valence-corrected chi connectivity index (χ2v) is 6.11. The van der Waals surface area contributed by atoms with Crippen LogP contribution in [0.1, 0.15) is 10.4 Å². The van der Waals surface area contributed by atoms with Crippen LogP contribution in [0.2, 0.25) is 0 Å². The molecule has 0 saturated carbocycles. The number of anilines is 1. The molecule has 0 aliphatic carbocycles. The van der Waals surface area contributed by atoms with E-state index in [0.29, 0.717) is 22.7 Å². The minimum absolute atomic E-state index is 0.401. The Morgan fingerprint density at radius 3 is 2.24 bits per heavy atom. The van der Waals surface area contributed by atoms with E-state index in [9.17, 15) is 9.59 Å². The molecule has 6 nitrogen and oxygen atoms in total. The van der Waals surface area contributed by atoms with Crippen molar-refractivity contribution >= 4 is 17.6 Å². The van der Waals surface area contributed by atoms with Gasteiger partial charge in [-0.2, -0.15) is 0 Å². The number of rotatable bonds is 7. The molecule has 0 heterocycles. The topological polar surface area (TPSA) is 73.9 Å². The minimum Gasteiger partial charge on any atom is -0.493 e. The second-order valence-electron chi connectivity index (χ2n) is 6.11. The van der Waals surface area contributed by atoms with Crippen molar-refractivity contribution in [2.24, 2.45) is 0 Å². The lowest BCUT2D eigenvalue weighted by molar-refractivity contribution is -0.119. The third-order valence-corrected chi connectivity index (χ3v) is 4.23. The SMILES string of the molecule is COc1ccc(NC(=O)COC(=O)c2ccccc2-c2ccccc2)cc1OC. The van der Waals surface area contributed by atoms with Crippen molar-refractivity contribution in [1.82, 2.24) is 0 Å². The van der Waals surface area contributed by atoms with Crippen LogP contribution in [0, 0.1) is 0 Å². The molecule has 0 atom stereocenters. The maximum atomic E-state index is 12.5. The van der Waals surface area contributed by atoms with Crippen LogP contribution in [-0.2, 0) is 9.53 Å². The fourth-order valence-corrected chi connectivity index (χ4v) is 2.85. The quantitative estimate of drug-likeness (QED) is 0.612. The number of carbonyl (C=O) groups is 2. The third-order valence-electron chi connectivity index (χ3n) is 4.23. The van der Waals surface area contributed by atoms with E-state index < -0.39 is 18.5 Å². The first-order valence-corrected chi connectivity index (χ1v) is 8.96. The highest BCUT2D eigenvalue weighted by molar-refractivity contribution is 5.99. The predicted octanol–water partition coefficient (Wildman–Crippen LogP) is 4.17. The van der Waals surface area contributed by atoms with Crippen molar-refractivity contribution in [3.05, 3.63) is 78.4 Å². The van der Waals surface area contributed by atoms with Gasteiger partial charge in [-0.1, -0.05) is 48.5 Å². The molecule has 6 heteroatoms. The number of amides is 1. The number of esters is 1. The summed E-state index contributed by atoms with van der Waals surface area (Å²) in [5.41, 5.74) is 2.55. The molecule has 148 valence electrons. The standard InChI is InChI=1S/C23H21NO5/c1-27-20-13-12-17(14-21(20)28-2)24-22(25)15-29-23(26)19-11-7-6-10-18(19)16-8-4-3-5-9-16/h3-14H,15H2,1-2H3,(H,24,25). The van der Waals surface area contributed by atoms with Crippen molar-refractivity contribution in [3.63, 3.8) is 0 Å². The minimum atomic E-state index is -0.563. The Bertz CT molecular complexity index is 1000. The molecule has 0 bridgehead atoms. The molecule has 0 aliphatic rings. The van der Waals surface area contributed by atoms with Gasteiger partial charge in [-0.25, -0.2) is 4.79 Å². The van der Waals surface area contributed by atoms with Crippen LogP contribution in [0.25, 0.3) is 11.1 Å². The molecule has 0 spiro atoms. The molecule has 3 aromatic rings. The second kappa shape index (κ2) is 9.41. The summed E-state index contributed by atoms with van der Waals surface area (Å²) >= 11 is 0. The highest BCUT2D eigenvalue weighted by atomic mass is 16.5. The molecule has 0 saturated heterocycles.